The number of hydrogen-bond donors (Lipinski definition) is 1. The Kier molecular flexibility index (Phi) is 4.91. The number of aromatic nitrogens is 1. The van der Waals surface area contributed by atoms with E-state index >= 15 is 0 Å². The molecule has 1 aromatic heterocycles. The van der Waals surface area contributed by atoms with Crippen LogP contribution in [-0.2, 0) is 10.0 Å². The zero-order valence-electron chi connectivity index (χ0n) is 9.50. The van der Waals surface area contributed by atoms with E-state index in [-0.39, 0.29) is 12.4 Å². The van der Waals surface area contributed by atoms with Crippen LogP contribution in [0, 0.1) is 12.8 Å². The number of halogens is 1. The van der Waals surface area contributed by atoms with Crippen molar-refractivity contribution in [3.8, 4) is 0 Å². The molecule has 0 spiro atoms. The number of sulfonamides is 1. The highest BCUT2D eigenvalue weighted by atomic mass is 35.5. The van der Waals surface area contributed by atoms with E-state index in [2.05, 4.69) is 4.98 Å². The molecule has 2 rings (SSSR count). The number of hydrogen-bond acceptors (Lipinski definition) is 5. The van der Waals surface area contributed by atoms with Crippen molar-refractivity contribution in [3.63, 3.8) is 0 Å². The molecular formula is C9H16ClN3O2S2. The van der Waals surface area contributed by atoms with Gasteiger partial charge in [-0.2, -0.15) is 4.31 Å². The van der Waals surface area contributed by atoms with Crippen molar-refractivity contribution in [1.82, 2.24) is 9.29 Å². The first kappa shape index (κ1) is 14.8. The Hall–Kier alpha value is -0.210. The van der Waals surface area contributed by atoms with Gasteiger partial charge in [-0.1, -0.05) is 0 Å². The Bertz CT molecular complexity index is 474. The molecule has 1 atom stereocenters. The maximum Gasteiger partial charge on any atom is 0.254 e. The molecular weight excluding hydrogens is 282 g/mol. The summed E-state index contributed by atoms with van der Waals surface area (Å²) in [5, 5.41) is 0.771. The van der Waals surface area contributed by atoms with E-state index in [1.807, 2.05) is 0 Å². The monoisotopic (exact) mass is 297 g/mol. The minimum atomic E-state index is -3.33. The quantitative estimate of drug-likeness (QED) is 0.897. The van der Waals surface area contributed by atoms with Gasteiger partial charge in [-0.25, -0.2) is 13.4 Å². The van der Waals surface area contributed by atoms with Crippen molar-refractivity contribution in [3.05, 3.63) is 11.2 Å². The smallest absolute Gasteiger partial charge is 0.254 e. The lowest BCUT2D eigenvalue weighted by Crippen LogP contribution is -2.29. The van der Waals surface area contributed by atoms with Crippen LogP contribution in [0.3, 0.4) is 0 Å². The third-order valence-electron chi connectivity index (χ3n) is 2.78. The predicted octanol–water partition coefficient (Wildman–Crippen LogP) is 0.843. The van der Waals surface area contributed by atoms with Crippen LogP contribution >= 0.6 is 23.7 Å². The summed E-state index contributed by atoms with van der Waals surface area (Å²) in [6, 6.07) is 0. The molecule has 17 heavy (non-hydrogen) atoms. The lowest BCUT2D eigenvalue weighted by Gasteiger charge is -2.14. The van der Waals surface area contributed by atoms with Gasteiger partial charge in [0.1, 0.15) is 0 Å². The third kappa shape index (κ3) is 2.97. The molecule has 8 heteroatoms. The third-order valence-corrected chi connectivity index (χ3v) is 5.99. The average molecular weight is 298 g/mol. The van der Waals surface area contributed by atoms with Crippen molar-refractivity contribution >= 4 is 33.8 Å². The van der Waals surface area contributed by atoms with Gasteiger partial charge >= 0.3 is 0 Å². The molecule has 0 radical (unpaired) electrons. The van der Waals surface area contributed by atoms with Crippen molar-refractivity contribution in [1.29, 1.82) is 0 Å². The van der Waals surface area contributed by atoms with Gasteiger partial charge in [0.15, 0.2) is 4.21 Å². The Morgan fingerprint density at radius 1 is 1.65 bits per heavy atom. The van der Waals surface area contributed by atoms with Gasteiger partial charge in [0, 0.05) is 13.1 Å². The van der Waals surface area contributed by atoms with E-state index in [9.17, 15) is 8.42 Å². The second kappa shape index (κ2) is 5.62. The van der Waals surface area contributed by atoms with Crippen LogP contribution in [0.5, 0.6) is 0 Å². The number of aryl methyl sites for hydroxylation is 1. The number of rotatable bonds is 3. The average Bonchev–Trinajstić information content (AvgIpc) is 2.85. The SMILES string of the molecule is Cc1ncc(S(=O)(=O)N2CCC(CN)C2)s1.Cl. The minimum Gasteiger partial charge on any atom is -0.330 e. The molecule has 2 heterocycles. The lowest BCUT2D eigenvalue weighted by molar-refractivity contribution is 0.460. The fourth-order valence-corrected chi connectivity index (χ4v) is 4.59. The number of nitrogens with zero attached hydrogens (tertiary/aromatic N) is 2. The van der Waals surface area contributed by atoms with Crippen molar-refractivity contribution < 1.29 is 8.42 Å². The number of nitrogens with two attached hydrogens (primary N) is 1. The Labute approximate surface area is 111 Å². The Balaban J connectivity index is 0.00000144. The highest BCUT2D eigenvalue weighted by Gasteiger charge is 2.32. The molecule has 1 unspecified atom stereocenters. The second-order valence-corrected chi connectivity index (χ2v) is 7.35. The standard InChI is InChI=1S/C9H15N3O2S2.ClH/c1-7-11-5-9(15-7)16(13,14)12-3-2-8(4-10)6-12;/h5,8H,2-4,6,10H2,1H3;1H. The van der Waals surface area contributed by atoms with Crippen LogP contribution in [0.4, 0.5) is 0 Å². The normalized spacial score (nSPS) is 21.4. The molecule has 1 aliphatic heterocycles. The summed E-state index contributed by atoms with van der Waals surface area (Å²) in [6.45, 7) is 3.46. The van der Waals surface area contributed by atoms with Gasteiger partial charge in [-0.15, -0.1) is 23.7 Å². The summed E-state index contributed by atoms with van der Waals surface area (Å²) in [6.07, 6.45) is 2.29. The predicted molar refractivity (Wildman–Crippen MR) is 70.0 cm³/mol. The summed E-state index contributed by atoms with van der Waals surface area (Å²) in [5.41, 5.74) is 5.55. The first-order valence-corrected chi connectivity index (χ1v) is 7.42. The lowest BCUT2D eigenvalue weighted by atomic mass is 10.1. The van der Waals surface area contributed by atoms with Gasteiger partial charge in [-0.3, -0.25) is 0 Å². The van der Waals surface area contributed by atoms with E-state index in [1.54, 1.807) is 6.92 Å². The zero-order valence-corrected chi connectivity index (χ0v) is 11.9. The number of thiazole rings is 1. The van der Waals surface area contributed by atoms with Crippen molar-refractivity contribution in [2.24, 2.45) is 11.7 Å². The Morgan fingerprint density at radius 3 is 2.82 bits per heavy atom. The second-order valence-electron chi connectivity index (χ2n) is 3.95. The van der Waals surface area contributed by atoms with Gasteiger partial charge in [0.25, 0.3) is 10.0 Å². The summed E-state index contributed by atoms with van der Waals surface area (Å²) in [7, 11) is -3.33. The van der Waals surface area contributed by atoms with E-state index < -0.39 is 10.0 Å². The fraction of sp³-hybridized carbons (Fsp3) is 0.667. The molecule has 1 aliphatic rings. The zero-order chi connectivity index (χ0) is 11.8. The van der Waals surface area contributed by atoms with E-state index in [0.717, 1.165) is 11.4 Å². The first-order chi connectivity index (χ1) is 7.54. The molecule has 1 saturated heterocycles. The molecule has 0 aromatic carbocycles. The van der Waals surface area contributed by atoms with Crippen LogP contribution < -0.4 is 5.73 Å². The molecule has 0 aliphatic carbocycles. The van der Waals surface area contributed by atoms with Gasteiger partial charge < -0.3 is 5.73 Å². The van der Waals surface area contributed by atoms with Gasteiger partial charge in [0.2, 0.25) is 0 Å². The van der Waals surface area contributed by atoms with Crippen LogP contribution in [0.1, 0.15) is 11.4 Å². The van der Waals surface area contributed by atoms with Gasteiger partial charge in [-0.05, 0) is 25.8 Å². The molecule has 98 valence electrons. The van der Waals surface area contributed by atoms with Crippen molar-refractivity contribution in [2.45, 2.75) is 17.6 Å². The maximum atomic E-state index is 12.2. The van der Waals surface area contributed by atoms with Crippen LogP contribution in [0.2, 0.25) is 0 Å². The van der Waals surface area contributed by atoms with E-state index in [1.165, 1.54) is 21.8 Å². The highest BCUT2D eigenvalue weighted by molar-refractivity contribution is 7.91. The highest BCUT2D eigenvalue weighted by Crippen LogP contribution is 2.26. The molecule has 5 nitrogen and oxygen atoms in total. The summed E-state index contributed by atoms with van der Waals surface area (Å²) < 4.78 is 26.2. The van der Waals surface area contributed by atoms with Crippen molar-refractivity contribution in [2.75, 3.05) is 19.6 Å². The summed E-state index contributed by atoms with van der Waals surface area (Å²) >= 11 is 1.22. The summed E-state index contributed by atoms with van der Waals surface area (Å²) in [5.74, 6) is 0.295. The van der Waals surface area contributed by atoms with Crippen LogP contribution in [0.25, 0.3) is 0 Å². The molecule has 0 saturated carbocycles. The molecule has 2 N–H and O–H groups in total. The Morgan fingerprint density at radius 2 is 2.35 bits per heavy atom. The van der Waals surface area contributed by atoms with E-state index in [4.69, 9.17) is 5.73 Å². The fourth-order valence-electron chi connectivity index (χ4n) is 1.80. The molecule has 1 aromatic rings. The topological polar surface area (TPSA) is 76.3 Å². The maximum absolute atomic E-state index is 12.2. The largest absolute Gasteiger partial charge is 0.330 e. The van der Waals surface area contributed by atoms with E-state index in [0.29, 0.717) is 29.8 Å². The summed E-state index contributed by atoms with van der Waals surface area (Å²) in [4.78, 5) is 3.98. The molecule has 0 amide bonds. The van der Waals surface area contributed by atoms with Crippen LogP contribution in [-0.4, -0.2) is 37.3 Å². The van der Waals surface area contributed by atoms with Gasteiger partial charge in [0.05, 0.1) is 11.2 Å². The molecule has 0 bridgehead atoms. The van der Waals surface area contributed by atoms with Crippen LogP contribution in [0.15, 0.2) is 10.4 Å². The molecule has 1 fully saturated rings. The minimum absolute atomic E-state index is 0. The first-order valence-electron chi connectivity index (χ1n) is 5.16.